The Labute approximate surface area is 181 Å². The van der Waals surface area contributed by atoms with Crippen LogP contribution in [0.25, 0.3) is 0 Å². The highest BCUT2D eigenvalue weighted by Crippen LogP contribution is 2.32. The van der Waals surface area contributed by atoms with E-state index in [-0.39, 0.29) is 0 Å². The Hall–Kier alpha value is -1.29. The predicted octanol–water partition coefficient (Wildman–Crippen LogP) is 5.18. The molecule has 4 rings (SSSR count). The lowest BCUT2D eigenvalue weighted by Crippen LogP contribution is -2.47. The Kier molecular flexibility index (Phi) is 7.00. The van der Waals surface area contributed by atoms with Crippen molar-refractivity contribution in [3.8, 4) is 0 Å². The molecular weight excluding hydrogens is 378 g/mol. The average molecular weight is 414 g/mol. The van der Waals surface area contributed by atoms with Crippen molar-refractivity contribution in [3.63, 3.8) is 0 Å². The molecule has 29 heavy (non-hydrogen) atoms. The van der Waals surface area contributed by atoms with Gasteiger partial charge in [0.05, 0.1) is 0 Å². The standard InChI is InChI=1S/C25H36ClN3/c1-18(2)25(28-16-21-4-3-5-24-23(21)10-13-27-24)17-29-14-11-20(12-15-29)19-6-8-22(26)9-7-19/h3-6,8-9,18-20,25,27-28H,7,10-17H2,1-2H3/t19?,25-/m0/s1. The topological polar surface area (TPSA) is 27.3 Å². The molecule has 2 aliphatic heterocycles. The normalized spacial score (nSPS) is 23.7. The molecule has 0 radical (unpaired) electrons. The number of benzene rings is 1. The minimum Gasteiger partial charge on any atom is -0.384 e. The Morgan fingerprint density at radius 1 is 1.24 bits per heavy atom. The molecule has 1 unspecified atom stereocenters. The van der Waals surface area contributed by atoms with Gasteiger partial charge in [0.25, 0.3) is 0 Å². The van der Waals surface area contributed by atoms with E-state index in [9.17, 15) is 0 Å². The quantitative estimate of drug-likeness (QED) is 0.644. The molecular formula is C25H36ClN3. The molecule has 3 nitrogen and oxygen atoms in total. The molecule has 2 N–H and O–H groups in total. The van der Waals surface area contributed by atoms with Gasteiger partial charge in [-0.2, -0.15) is 0 Å². The van der Waals surface area contributed by atoms with Gasteiger partial charge < -0.3 is 15.5 Å². The Balaban J connectivity index is 1.27. The van der Waals surface area contributed by atoms with Crippen molar-refractivity contribution >= 4 is 17.3 Å². The molecule has 4 heteroatoms. The first-order valence-corrected chi connectivity index (χ1v) is 11.8. The number of nitrogens with zero attached hydrogens (tertiary/aromatic N) is 1. The van der Waals surface area contributed by atoms with Crippen LogP contribution in [0.5, 0.6) is 0 Å². The van der Waals surface area contributed by atoms with Crippen molar-refractivity contribution in [1.29, 1.82) is 0 Å². The summed E-state index contributed by atoms with van der Waals surface area (Å²) in [4.78, 5) is 2.68. The second-order valence-corrected chi connectivity index (χ2v) is 9.77. The monoisotopic (exact) mass is 413 g/mol. The summed E-state index contributed by atoms with van der Waals surface area (Å²) in [5, 5.41) is 8.29. The van der Waals surface area contributed by atoms with Gasteiger partial charge in [0.1, 0.15) is 0 Å². The molecule has 3 aliphatic rings. The molecule has 0 aromatic heterocycles. The van der Waals surface area contributed by atoms with Gasteiger partial charge in [-0.25, -0.2) is 0 Å². The maximum Gasteiger partial charge on any atom is 0.0376 e. The van der Waals surface area contributed by atoms with E-state index in [0.29, 0.717) is 17.9 Å². The van der Waals surface area contributed by atoms with Gasteiger partial charge in [0, 0.05) is 36.4 Å². The second-order valence-electron chi connectivity index (χ2n) is 9.34. The number of halogens is 1. The van der Waals surface area contributed by atoms with Crippen LogP contribution in [0.2, 0.25) is 0 Å². The number of anilines is 1. The maximum absolute atomic E-state index is 6.09. The third kappa shape index (κ3) is 5.25. The second kappa shape index (κ2) is 9.68. The van der Waals surface area contributed by atoms with Crippen LogP contribution in [0.15, 0.2) is 41.5 Å². The molecule has 1 aliphatic carbocycles. The van der Waals surface area contributed by atoms with Gasteiger partial charge in [-0.05, 0) is 79.8 Å². The third-order valence-electron chi connectivity index (χ3n) is 7.10. The SMILES string of the molecule is CC(C)[C@H](CN1CCC(C2C=CC(Cl)=CC2)CC1)NCc1cccc2c1CCN2. The zero-order chi connectivity index (χ0) is 20.2. The van der Waals surface area contributed by atoms with Crippen molar-refractivity contribution in [3.05, 3.63) is 52.6 Å². The number of allylic oxidation sites excluding steroid dienone is 4. The highest BCUT2D eigenvalue weighted by atomic mass is 35.5. The van der Waals surface area contributed by atoms with E-state index in [2.05, 4.69) is 65.8 Å². The van der Waals surface area contributed by atoms with E-state index in [4.69, 9.17) is 11.6 Å². The lowest BCUT2D eigenvalue weighted by molar-refractivity contribution is 0.138. The first-order chi connectivity index (χ1) is 14.1. The minimum absolute atomic E-state index is 0.535. The molecule has 1 saturated heterocycles. The number of piperidine rings is 1. The van der Waals surface area contributed by atoms with Crippen LogP contribution in [0.1, 0.15) is 44.2 Å². The number of nitrogens with one attached hydrogen (secondary N) is 2. The van der Waals surface area contributed by atoms with Crippen molar-refractivity contribution in [2.24, 2.45) is 17.8 Å². The Morgan fingerprint density at radius 3 is 2.79 bits per heavy atom. The summed E-state index contributed by atoms with van der Waals surface area (Å²) in [6.45, 7) is 10.4. The maximum atomic E-state index is 6.09. The van der Waals surface area contributed by atoms with E-state index < -0.39 is 0 Å². The lowest BCUT2D eigenvalue weighted by Gasteiger charge is -2.38. The van der Waals surface area contributed by atoms with Crippen LogP contribution in [0, 0.1) is 17.8 Å². The van der Waals surface area contributed by atoms with Gasteiger partial charge in [-0.15, -0.1) is 0 Å². The van der Waals surface area contributed by atoms with Crippen molar-refractivity contribution < 1.29 is 0 Å². The molecule has 1 aromatic carbocycles. The molecule has 158 valence electrons. The Bertz CT molecular complexity index is 746. The van der Waals surface area contributed by atoms with Gasteiger partial charge in [0.2, 0.25) is 0 Å². The predicted molar refractivity (Wildman–Crippen MR) is 124 cm³/mol. The fourth-order valence-electron chi connectivity index (χ4n) is 5.14. The molecule has 1 aromatic rings. The Morgan fingerprint density at radius 2 is 2.07 bits per heavy atom. The lowest BCUT2D eigenvalue weighted by atomic mass is 9.80. The van der Waals surface area contributed by atoms with Gasteiger partial charge in [-0.1, -0.05) is 49.7 Å². The molecule has 0 bridgehead atoms. The van der Waals surface area contributed by atoms with Crippen LogP contribution >= 0.6 is 11.6 Å². The smallest absolute Gasteiger partial charge is 0.0376 e. The summed E-state index contributed by atoms with van der Waals surface area (Å²) in [5.41, 5.74) is 4.31. The first kappa shape index (κ1) is 21.0. The number of fused-ring (bicyclic) bond motifs is 1. The first-order valence-electron chi connectivity index (χ1n) is 11.4. The molecule has 2 atom stereocenters. The van der Waals surface area contributed by atoms with E-state index in [1.54, 1.807) is 0 Å². The zero-order valence-electron chi connectivity index (χ0n) is 18.0. The summed E-state index contributed by atoms with van der Waals surface area (Å²) < 4.78 is 0. The highest BCUT2D eigenvalue weighted by molar-refractivity contribution is 6.31. The minimum atomic E-state index is 0.535. The van der Waals surface area contributed by atoms with E-state index >= 15 is 0 Å². The average Bonchev–Trinajstić information content (AvgIpc) is 3.21. The fraction of sp³-hybridized carbons (Fsp3) is 0.600. The number of hydrogen-bond acceptors (Lipinski definition) is 3. The van der Waals surface area contributed by atoms with Crippen molar-refractivity contribution in [2.75, 3.05) is 31.5 Å². The molecule has 0 saturated carbocycles. The van der Waals surface area contributed by atoms with Gasteiger partial charge in [0.15, 0.2) is 0 Å². The van der Waals surface area contributed by atoms with Crippen LogP contribution in [0.4, 0.5) is 5.69 Å². The van der Waals surface area contributed by atoms with Crippen LogP contribution in [0.3, 0.4) is 0 Å². The highest BCUT2D eigenvalue weighted by Gasteiger charge is 2.27. The van der Waals surface area contributed by atoms with Crippen molar-refractivity contribution in [2.45, 2.75) is 52.1 Å². The van der Waals surface area contributed by atoms with Crippen LogP contribution < -0.4 is 10.6 Å². The van der Waals surface area contributed by atoms with E-state index in [1.165, 1.54) is 42.7 Å². The third-order valence-corrected chi connectivity index (χ3v) is 7.38. The van der Waals surface area contributed by atoms with E-state index in [1.807, 2.05) is 0 Å². The number of hydrogen-bond donors (Lipinski definition) is 2. The van der Waals surface area contributed by atoms with E-state index in [0.717, 1.165) is 43.4 Å². The summed E-state index contributed by atoms with van der Waals surface area (Å²) >= 11 is 6.09. The molecule has 1 fully saturated rings. The zero-order valence-corrected chi connectivity index (χ0v) is 18.7. The number of likely N-dealkylation sites (tertiary alicyclic amines) is 1. The molecule has 0 spiro atoms. The van der Waals surface area contributed by atoms with Crippen LogP contribution in [-0.2, 0) is 13.0 Å². The van der Waals surface area contributed by atoms with Gasteiger partial charge >= 0.3 is 0 Å². The summed E-state index contributed by atoms with van der Waals surface area (Å²) in [6.07, 6.45) is 11.5. The summed E-state index contributed by atoms with van der Waals surface area (Å²) in [5.74, 6) is 2.14. The summed E-state index contributed by atoms with van der Waals surface area (Å²) in [6, 6.07) is 7.22. The van der Waals surface area contributed by atoms with Gasteiger partial charge in [-0.3, -0.25) is 0 Å². The number of rotatable bonds is 7. The largest absolute Gasteiger partial charge is 0.384 e. The molecule has 0 amide bonds. The molecule has 2 heterocycles. The summed E-state index contributed by atoms with van der Waals surface area (Å²) in [7, 11) is 0. The van der Waals surface area contributed by atoms with Crippen molar-refractivity contribution in [1.82, 2.24) is 10.2 Å². The van der Waals surface area contributed by atoms with Crippen LogP contribution in [-0.4, -0.2) is 37.1 Å². The fourth-order valence-corrected chi connectivity index (χ4v) is 5.30.